The van der Waals surface area contributed by atoms with Crippen LogP contribution in [0.15, 0.2) is 70.4 Å². The van der Waals surface area contributed by atoms with Gasteiger partial charge in [0.05, 0.1) is 18.5 Å². The van der Waals surface area contributed by atoms with Crippen LogP contribution >= 0.6 is 0 Å². The minimum atomic E-state index is -0.714. The molecule has 0 fully saturated rings. The average molecular weight is 395 g/mol. The Morgan fingerprint density at radius 3 is 2.55 bits per heavy atom. The summed E-state index contributed by atoms with van der Waals surface area (Å²) in [6.45, 7) is 1.84. The quantitative estimate of drug-likeness (QED) is 0.684. The van der Waals surface area contributed by atoms with E-state index in [1.807, 2.05) is 31.2 Å². The standard InChI is InChI=1S/C22H19F2N3O2/c1-14-4-6-15(7-5-14)19-12-20(21-3-2-8-29-21)27(26-19)22(28)13-25-18-10-16(23)9-17(24)11-18/h2-11,20,25H,12-13H2,1H3/t20-/m0/s1. The molecule has 2 heterocycles. The van der Waals surface area contributed by atoms with Crippen molar-refractivity contribution in [3.63, 3.8) is 0 Å². The predicted octanol–water partition coefficient (Wildman–Crippen LogP) is 4.66. The van der Waals surface area contributed by atoms with E-state index in [2.05, 4.69) is 10.4 Å². The number of benzene rings is 2. The second kappa shape index (κ2) is 7.87. The van der Waals surface area contributed by atoms with Gasteiger partial charge in [0.15, 0.2) is 0 Å². The lowest BCUT2D eigenvalue weighted by Gasteiger charge is -2.20. The number of hydrazone groups is 1. The highest BCUT2D eigenvalue weighted by Crippen LogP contribution is 2.33. The Bertz CT molecular complexity index is 1030. The van der Waals surface area contributed by atoms with E-state index >= 15 is 0 Å². The van der Waals surface area contributed by atoms with Crippen LogP contribution in [0.2, 0.25) is 0 Å². The summed E-state index contributed by atoms with van der Waals surface area (Å²) in [5.41, 5.74) is 3.03. The van der Waals surface area contributed by atoms with Crippen LogP contribution in [-0.4, -0.2) is 23.2 Å². The van der Waals surface area contributed by atoms with Gasteiger partial charge in [-0.15, -0.1) is 0 Å². The monoisotopic (exact) mass is 395 g/mol. The minimum Gasteiger partial charge on any atom is -0.467 e. The summed E-state index contributed by atoms with van der Waals surface area (Å²) in [5, 5.41) is 8.66. The lowest BCUT2D eigenvalue weighted by molar-refractivity contribution is -0.131. The van der Waals surface area contributed by atoms with Gasteiger partial charge in [-0.2, -0.15) is 5.10 Å². The molecule has 0 saturated carbocycles. The fourth-order valence-electron chi connectivity index (χ4n) is 3.28. The normalized spacial score (nSPS) is 16.0. The van der Waals surface area contributed by atoms with Gasteiger partial charge in [-0.25, -0.2) is 13.8 Å². The molecule has 3 aromatic rings. The number of nitrogens with zero attached hydrogens (tertiary/aromatic N) is 2. The number of hydrogen-bond donors (Lipinski definition) is 1. The van der Waals surface area contributed by atoms with Crippen molar-refractivity contribution in [2.75, 3.05) is 11.9 Å². The third-order valence-corrected chi connectivity index (χ3v) is 4.73. The molecule has 29 heavy (non-hydrogen) atoms. The first kappa shape index (κ1) is 18.9. The molecule has 7 heteroatoms. The molecule has 0 bridgehead atoms. The summed E-state index contributed by atoms with van der Waals surface area (Å²) < 4.78 is 32.2. The molecular weight excluding hydrogens is 376 g/mol. The molecule has 0 spiro atoms. The highest BCUT2D eigenvalue weighted by Gasteiger charge is 2.34. The minimum absolute atomic E-state index is 0.162. The zero-order valence-corrected chi connectivity index (χ0v) is 15.7. The summed E-state index contributed by atoms with van der Waals surface area (Å²) in [7, 11) is 0. The summed E-state index contributed by atoms with van der Waals surface area (Å²) in [4.78, 5) is 12.9. The van der Waals surface area contributed by atoms with Gasteiger partial charge in [0.2, 0.25) is 0 Å². The molecule has 4 rings (SSSR count). The fraction of sp³-hybridized carbons (Fsp3) is 0.182. The van der Waals surface area contributed by atoms with Crippen LogP contribution in [0.3, 0.4) is 0 Å². The molecule has 0 saturated heterocycles. The second-order valence-corrected chi connectivity index (χ2v) is 6.90. The second-order valence-electron chi connectivity index (χ2n) is 6.90. The van der Waals surface area contributed by atoms with Crippen LogP contribution in [0.5, 0.6) is 0 Å². The molecule has 2 aromatic carbocycles. The van der Waals surface area contributed by atoms with E-state index in [0.717, 1.165) is 35.0 Å². The van der Waals surface area contributed by atoms with Gasteiger partial charge in [-0.3, -0.25) is 4.79 Å². The molecule has 0 unspecified atom stereocenters. The SMILES string of the molecule is Cc1ccc(C2=NN(C(=O)CNc3cc(F)cc(F)c3)[C@H](c3ccco3)C2)cc1. The van der Waals surface area contributed by atoms with Crippen molar-refractivity contribution < 1.29 is 18.0 Å². The predicted molar refractivity (Wildman–Crippen MR) is 105 cm³/mol. The number of nitrogens with one attached hydrogen (secondary N) is 1. The Balaban J connectivity index is 1.55. The van der Waals surface area contributed by atoms with Crippen LogP contribution in [0.1, 0.15) is 29.3 Å². The summed E-state index contributed by atoms with van der Waals surface area (Å²) >= 11 is 0. The number of rotatable bonds is 5. The maximum Gasteiger partial charge on any atom is 0.262 e. The summed E-state index contributed by atoms with van der Waals surface area (Å²) in [6.07, 6.45) is 2.06. The Morgan fingerprint density at radius 1 is 1.17 bits per heavy atom. The van der Waals surface area contributed by atoms with E-state index < -0.39 is 11.6 Å². The van der Waals surface area contributed by atoms with Crippen molar-refractivity contribution in [1.29, 1.82) is 0 Å². The molecule has 1 atom stereocenters. The Labute approximate surface area is 166 Å². The largest absolute Gasteiger partial charge is 0.467 e. The van der Waals surface area contributed by atoms with Gasteiger partial charge < -0.3 is 9.73 Å². The highest BCUT2D eigenvalue weighted by molar-refractivity contribution is 6.03. The first-order valence-electron chi connectivity index (χ1n) is 9.19. The topological polar surface area (TPSA) is 57.8 Å². The van der Waals surface area contributed by atoms with E-state index in [-0.39, 0.29) is 24.2 Å². The van der Waals surface area contributed by atoms with Crippen LogP contribution < -0.4 is 5.32 Å². The van der Waals surface area contributed by atoms with Crippen molar-refractivity contribution in [1.82, 2.24) is 5.01 Å². The lowest BCUT2D eigenvalue weighted by atomic mass is 10.0. The average Bonchev–Trinajstić information content (AvgIpc) is 3.35. The molecule has 0 radical (unpaired) electrons. The number of aryl methyl sites for hydroxylation is 1. The third-order valence-electron chi connectivity index (χ3n) is 4.73. The molecule has 148 valence electrons. The van der Waals surface area contributed by atoms with Crippen molar-refractivity contribution in [3.05, 3.63) is 89.4 Å². The molecule has 1 amide bonds. The fourth-order valence-corrected chi connectivity index (χ4v) is 3.28. The maximum atomic E-state index is 13.4. The van der Waals surface area contributed by atoms with E-state index in [0.29, 0.717) is 12.2 Å². The van der Waals surface area contributed by atoms with Crippen molar-refractivity contribution >= 4 is 17.3 Å². The van der Waals surface area contributed by atoms with Gasteiger partial charge in [0.1, 0.15) is 23.4 Å². The molecule has 1 N–H and O–H groups in total. The Morgan fingerprint density at radius 2 is 1.90 bits per heavy atom. The number of amides is 1. The first-order chi connectivity index (χ1) is 14.0. The van der Waals surface area contributed by atoms with Crippen LogP contribution in [0.25, 0.3) is 0 Å². The maximum absolute atomic E-state index is 13.4. The summed E-state index contributed by atoms with van der Waals surface area (Å²) in [6, 6.07) is 14.1. The first-order valence-corrected chi connectivity index (χ1v) is 9.19. The zero-order valence-electron chi connectivity index (χ0n) is 15.7. The molecule has 1 aromatic heterocycles. The van der Waals surface area contributed by atoms with Crippen molar-refractivity contribution in [2.24, 2.45) is 5.10 Å². The molecular formula is C22H19F2N3O2. The van der Waals surface area contributed by atoms with Crippen LogP contribution in [-0.2, 0) is 4.79 Å². The Kier molecular flexibility index (Phi) is 5.12. The number of furan rings is 1. The molecule has 0 aliphatic carbocycles. The Hall–Kier alpha value is -3.48. The third kappa shape index (κ3) is 4.18. The molecule has 5 nitrogen and oxygen atoms in total. The zero-order chi connectivity index (χ0) is 20.4. The van der Waals surface area contributed by atoms with E-state index in [1.165, 1.54) is 5.01 Å². The number of halogens is 2. The number of carbonyl (C=O) groups excluding carboxylic acids is 1. The number of carbonyl (C=O) groups is 1. The van der Waals surface area contributed by atoms with Gasteiger partial charge in [-0.1, -0.05) is 29.8 Å². The lowest BCUT2D eigenvalue weighted by Crippen LogP contribution is -2.32. The highest BCUT2D eigenvalue weighted by atomic mass is 19.1. The van der Waals surface area contributed by atoms with Crippen LogP contribution in [0.4, 0.5) is 14.5 Å². The number of hydrogen-bond acceptors (Lipinski definition) is 4. The van der Waals surface area contributed by atoms with Crippen molar-refractivity contribution in [3.8, 4) is 0 Å². The molecule has 1 aliphatic rings. The summed E-state index contributed by atoms with van der Waals surface area (Å²) in [5.74, 6) is -1.14. The number of anilines is 1. The van der Waals surface area contributed by atoms with Crippen molar-refractivity contribution in [2.45, 2.75) is 19.4 Å². The van der Waals surface area contributed by atoms with E-state index in [1.54, 1.807) is 18.4 Å². The van der Waals surface area contributed by atoms with E-state index in [4.69, 9.17) is 4.42 Å². The van der Waals surface area contributed by atoms with E-state index in [9.17, 15) is 13.6 Å². The van der Waals surface area contributed by atoms with Crippen LogP contribution in [0, 0.1) is 18.6 Å². The van der Waals surface area contributed by atoms with Gasteiger partial charge >= 0.3 is 0 Å². The van der Waals surface area contributed by atoms with Gasteiger partial charge in [0.25, 0.3) is 5.91 Å². The van der Waals surface area contributed by atoms with Gasteiger partial charge in [0, 0.05) is 18.2 Å². The van der Waals surface area contributed by atoms with Gasteiger partial charge in [-0.05, 0) is 36.8 Å². The molecule has 1 aliphatic heterocycles. The smallest absolute Gasteiger partial charge is 0.262 e.